The van der Waals surface area contributed by atoms with Crippen LogP contribution in [0.25, 0.3) is 0 Å². The highest BCUT2D eigenvalue weighted by Crippen LogP contribution is 2.35. The van der Waals surface area contributed by atoms with Crippen LogP contribution in [0.3, 0.4) is 0 Å². The van der Waals surface area contributed by atoms with Crippen LogP contribution in [0.4, 0.5) is 0 Å². The summed E-state index contributed by atoms with van der Waals surface area (Å²) in [6.07, 6.45) is 4.70. The number of amides is 1. The van der Waals surface area contributed by atoms with Crippen LogP contribution in [0.1, 0.15) is 32.1 Å². The molecule has 6 nitrogen and oxygen atoms in total. The molecule has 1 rings (SSSR count). The van der Waals surface area contributed by atoms with Crippen molar-refractivity contribution >= 4 is 15.9 Å². The monoisotopic (exact) mass is 263 g/mol. The topological polar surface area (TPSA) is 115 Å². The molecule has 0 aromatic heterocycles. The van der Waals surface area contributed by atoms with E-state index in [0.717, 1.165) is 32.1 Å². The maximum Gasteiger partial charge on any atom is 0.227 e. The molecule has 0 aliphatic heterocycles. The van der Waals surface area contributed by atoms with Crippen LogP contribution in [0.15, 0.2) is 0 Å². The molecule has 0 heterocycles. The Balaban J connectivity index is 2.49. The molecule has 1 aliphatic carbocycles. The molecule has 0 radical (unpaired) electrons. The van der Waals surface area contributed by atoms with Gasteiger partial charge in [-0.25, -0.2) is 13.6 Å². The van der Waals surface area contributed by atoms with Gasteiger partial charge < -0.3 is 11.1 Å². The van der Waals surface area contributed by atoms with Gasteiger partial charge in [-0.2, -0.15) is 0 Å². The minimum Gasteiger partial charge on any atom is -0.355 e. The van der Waals surface area contributed by atoms with Crippen LogP contribution >= 0.6 is 0 Å². The average Bonchev–Trinajstić information content (AvgIpc) is 2.28. The lowest BCUT2D eigenvalue weighted by Crippen LogP contribution is -2.48. The molecule has 0 aromatic rings. The van der Waals surface area contributed by atoms with E-state index in [1.807, 2.05) is 0 Å². The molecule has 1 saturated carbocycles. The zero-order valence-electron chi connectivity index (χ0n) is 9.94. The molecule has 0 spiro atoms. The fourth-order valence-electron chi connectivity index (χ4n) is 2.25. The highest BCUT2D eigenvalue weighted by molar-refractivity contribution is 7.89. The Bertz CT molecular complexity index is 361. The average molecular weight is 263 g/mol. The number of nitrogens with two attached hydrogens (primary N) is 2. The molecule has 1 amide bonds. The summed E-state index contributed by atoms with van der Waals surface area (Å²) in [4.78, 5) is 12.0. The van der Waals surface area contributed by atoms with Gasteiger partial charge in [0.15, 0.2) is 0 Å². The van der Waals surface area contributed by atoms with Crippen molar-refractivity contribution in [1.29, 1.82) is 0 Å². The van der Waals surface area contributed by atoms with E-state index in [4.69, 9.17) is 10.9 Å². The molecule has 0 saturated heterocycles. The third-order valence-corrected chi connectivity index (χ3v) is 4.13. The van der Waals surface area contributed by atoms with Gasteiger partial charge in [0, 0.05) is 13.1 Å². The van der Waals surface area contributed by atoms with E-state index in [1.54, 1.807) is 0 Å². The first kappa shape index (κ1) is 14.4. The van der Waals surface area contributed by atoms with E-state index < -0.39 is 15.4 Å². The largest absolute Gasteiger partial charge is 0.355 e. The lowest BCUT2D eigenvalue weighted by molar-refractivity contribution is -0.132. The number of rotatable bonds is 5. The van der Waals surface area contributed by atoms with E-state index in [2.05, 4.69) is 5.32 Å². The summed E-state index contributed by atoms with van der Waals surface area (Å²) in [7, 11) is -3.52. The normalized spacial score (nSPS) is 19.9. The molecular weight excluding hydrogens is 242 g/mol. The summed E-state index contributed by atoms with van der Waals surface area (Å²) in [5.41, 5.74) is 5.19. The Hall–Kier alpha value is -0.660. The van der Waals surface area contributed by atoms with E-state index in [9.17, 15) is 13.2 Å². The highest BCUT2D eigenvalue weighted by atomic mass is 32.2. The number of sulfonamides is 1. The van der Waals surface area contributed by atoms with Gasteiger partial charge in [-0.05, 0) is 12.8 Å². The first-order valence-corrected chi connectivity index (χ1v) is 7.60. The molecule has 0 atom stereocenters. The fourth-order valence-corrected chi connectivity index (χ4v) is 2.63. The van der Waals surface area contributed by atoms with Crippen molar-refractivity contribution in [3.8, 4) is 0 Å². The van der Waals surface area contributed by atoms with Crippen molar-refractivity contribution in [3.05, 3.63) is 0 Å². The molecule has 1 aliphatic rings. The van der Waals surface area contributed by atoms with Crippen LogP contribution in [0.2, 0.25) is 0 Å². The molecule has 1 fully saturated rings. The van der Waals surface area contributed by atoms with Gasteiger partial charge in [-0.3, -0.25) is 4.79 Å². The summed E-state index contributed by atoms with van der Waals surface area (Å²) in [5, 5.41) is 7.48. The van der Waals surface area contributed by atoms with E-state index in [0.29, 0.717) is 6.54 Å². The maximum absolute atomic E-state index is 12.0. The number of hydrogen-bond acceptors (Lipinski definition) is 4. The third-order valence-electron chi connectivity index (χ3n) is 3.36. The van der Waals surface area contributed by atoms with Gasteiger partial charge in [0.1, 0.15) is 0 Å². The summed E-state index contributed by atoms with van der Waals surface area (Å²) in [6.45, 7) is 0.369. The smallest absolute Gasteiger partial charge is 0.227 e. The van der Waals surface area contributed by atoms with Crippen molar-refractivity contribution in [2.75, 3.05) is 18.8 Å². The van der Waals surface area contributed by atoms with Crippen molar-refractivity contribution < 1.29 is 13.2 Å². The fraction of sp³-hybridized carbons (Fsp3) is 0.900. The standard InChI is InChI=1S/C10H21N3O3S/c11-8-10(4-2-1-3-5-10)9(14)13-6-7-17(12,15)16/h1-8,11H2,(H,13,14)(H2,12,15,16). The Morgan fingerprint density at radius 1 is 1.24 bits per heavy atom. The quantitative estimate of drug-likeness (QED) is 0.608. The van der Waals surface area contributed by atoms with E-state index in [1.165, 1.54) is 0 Å². The summed E-state index contributed by atoms with van der Waals surface area (Å²) in [5.74, 6) is -0.373. The molecule has 0 bridgehead atoms. The lowest BCUT2D eigenvalue weighted by Gasteiger charge is -2.34. The van der Waals surface area contributed by atoms with Crippen LogP contribution < -0.4 is 16.2 Å². The van der Waals surface area contributed by atoms with Crippen molar-refractivity contribution in [3.63, 3.8) is 0 Å². The summed E-state index contributed by atoms with van der Waals surface area (Å²) < 4.78 is 21.5. The Morgan fingerprint density at radius 3 is 2.29 bits per heavy atom. The van der Waals surface area contributed by atoms with Gasteiger partial charge in [-0.1, -0.05) is 19.3 Å². The Labute approximate surface area is 102 Å². The van der Waals surface area contributed by atoms with Gasteiger partial charge in [-0.15, -0.1) is 0 Å². The SMILES string of the molecule is NCC1(C(=O)NCCS(N)(=O)=O)CCCCC1. The minimum absolute atomic E-state index is 0.0550. The first-order chi connectivity index (χ1) is 7.90. The second-order valence-corrected chi connectivity index (χ2v) is 6.40. The number of carbonyl (C=O) groups is 1. The number of primary sulfonamides is 1. The minimum atomic E-state index is -3.52. The predicted molar refractivity (Wildman–Crippen MR) is 65.6 cm³/mol. The molecule has 5 N–H and O–H groups in total. The van der Waals surface area contributed by atoms with Gasteiger partial charge in [0.2, 0.25) is 15.9 Å². The molecule has 100 valence electrons. The second kappa shape index (κ2) is 5.79. The molecule has 0 unspecified atom stereocenters. The third kappa shape index (κ3) is 4.25. The second-order valence-electron chi connectivity index (χ2n) is 4.67. The summed E-state index contributed by atoms with van der Waals surface area (Å²) in [6, 6.07) is 0. The number of nitrogens with one attached hydrogen (secondary N) is 1. The Kier molecular flexibility index (Phi) is 4.91. The van der Waals surface area contributed by atoms with Gasteiger partial charge in [0.05, 0.1) is 11.2 Å². The first-order valence-electron chi connectivity index (χ1n) is 5.88. The van der Waals surface area contributed by atoms with Crippen LogP contribution in [-0.2, 0) is 14.8 Å². The highest BCUT2D eigenvalue weighted by Gasteiger charge is 2.37. The molecule has 17 heavy (non-hydrogen) atoms. The maximum atomic E-state index is 12.0. The van der Waals surface area contributed by atoms with E-state index in [-0.39, 0.29) is 18.2 Å². The Morgan fingerprint density at radius 2 is 1.82 bits per heavy atom. The number of carbonyl (C=O) groups excluding carboxylic acids is 1. The van der Waals surface area contributed by atoms with Crippen molar-refractivity contribution in [2.45, 2.75) is 32.1 Å². The van der Waals surface area contributed by atoms with Crippen molar-refractivity contribution in [2.24, 2.45) is 16.3 Å². The van der Waals surface area contributed by atoms with Crippen LogP contribution in [-0.4, -0.2) is 33.2 Å². The molecule has 0 aromatic carbocycles. The lowest BCUT2D eigenvalue weighted by atomic mass is 9.73. The van der Waals surface area contributed by atoms with Gasteiger partial charge in [0.25, 0.3) is 0 Å². The predicted octanol–water partition coefficient (Wildman–Crippen LogP) is -0.700. The van der Waals surface area contributed by atoms with Crippen molar-refractivity contribution in [1.82, 2.24) is 5.32 Å². The molecule has 7 heteroatoms. The zero-order valence-corrected chi connectivity index (χ0v) is 10.8. The zero-order chi connectivity index (χ0) is 12.9. The van der Waals surface area contributed by atoms with Gasteiger partial charge >= 0.3 is 0 Å². The van der Waals surface area contributed by atoms with Crippen LogP contribution in [0.5, 0.6) is 0 Å². The summed E-state index contributed by atoms with van der Waals surface area (Å²) >= 11 is 0. The van der Waals surface area contributed by atoms with Crippen LogP contribution in [0, 0.1) is 5.41 Å². The molecular formula is C10H21N3O3S. The van der Waals surface area contributed by atoms with E-state index >= 15 is 0 Å². The number of hydrogen-bond donors (Lipinski definition) is 3.